The number of rotatable bonds is 8. The molecular weight excluding hydrogens is 454 g/mol. The number of hydrogen-bond acceptors (Lipinski definition) is 7. The van der Waals surface area contributed by atoms with E-state index in [-0.39, 0.29) is 11.8 Å². The lowest BCUT2D eigenvalue weighted by molar-refractivity contribution is -0.132. The molecule has 2 aromatic carbocycles. The molecule has 3 aromatic rings. The summed E-state index contributed by atoms with van der Waals surface area (Å²) in [5.74, 6) is 0.526. The van der Waals surface area contributed by atoms with Crippen molar-refractivity contribution in [3.8, 4) is 11.3 Å². The van der Waals surface area contributed by atoms with Gasteiger partial charge < -0.3 is 26.2 Å². The molecule has 1 atom stereocenters. The van der Waals surface area contributed by atoms with E-state index in [0.29, 0.717) is 25.5 Å². The van der Waals surface area contributed by atoms with E-state index >= 15 is 0 Å². The van der Waals surface area contributed by atoms with E-state index < -0.39 is 6.04 Å². The van der Waals surface area contributed by atoms with Crippen LogP contribution in [-0.2, 0) is 9.59 Å². The van der Waals surface area contributed by atoms with Crippen LogP contribution < -0.4 is 21.3 Å². The van der Waals surface area contributed by atoms with E-state index in [1.807, 2.05) is 54.3 Å². The SMILES string of the molecule is CCCC(=O)Nc1ccc(-c2ccnc(Nc3ccc(N4CCN(C(=O)C(C)N)CC4)cc3)n2)cc1. The number of nitrogens with two attached hydrogens (primary N) is 1. The third-order valence-electron chi connectivity index (χ3n) is 6.07. The third kappa shape index (κ3) is 6.37. The van der Waals surface area contributed by atoms with E-state index in [0.717, 1.165) is 47.8 Å². The molecule has 1 aliphatic heterocycles. The minimum Gasteiger partial charge on any atom is -0.368 e. The van der Waals surface area contributed by atoms with Crippen molar-refractivity contribution in [1.29, 1.82) is 0 Å². The highest BCUT2D eigenvalue weighted by Gasteiger charge is 2.23. The molecule has 1 unspecified atom stereocenters. The van der Waals surface area contributed by atoms with Gasteiger partial charge in [0.15, 0.2) is 0 Å². The number of nitrogens with one attached hydrogen (secondary N) is 2. The lowest BCUT2D eigenvalue weighted by Crippen LogP contribution is -2.52. The predicted octanol–water partition coefficient (Wildman–Crippen LogP) is 3.62. The number of carbonyl (C=O) groups excluding carboxylic acids is 2. The molecule has 9 heteroatoms. The Morgan fingerprint density at radius 2 is 1.64 bits per heavy atom. The minimum atomic E-state index is -0.458. The Balaban J connectivity index is 1.36. The molecule has 9 nitrogen and oxygen atoms in total. The number of amides is 2. The quantitative estimate of drug-likeness (QED) is 0.444. The van der Waals surface area contributed by atoms with Crippen molar-refractivity contribution in [2.45, 2.75) is 32.7 Å². The Morgan fingerprint density at radius 3 is 2.28 bits per heavy atom. The molecule has 0 radical (unpaired) electrons. The van der Waals surface area contributed by atoms with E-state index in [4.69, 9.17) is 5.73 Å². The summed E-state index contributed by atoms with van der Waals surface area (Å²) in [6.07, 6.45) is 3.05. The molecule has 1 aromatic heterocycles. The number of anilines is 4. The van der Waals surface area contributed by atoms with Crippen molar-refractivity contribution in [2.24, 2.45) is 5.73 Å². The summed E-state index contributed by atoms with van der Waals surface area (Å²) in [6, 6.07) is 17.1. The molecule has 188 valence electrons. The molecule has 2 heterocycles. The molecule has 4 rings (SSSR count). The number of aromatic nitrogens is 2. The molecule has 0 bridgehead atoms. The van der Waals surface area contributed by atoms with Crippen LogP contribution in [0.4, 0.5) is 23.0 Å². The van der Waals surface area contributed by atoms with Crippen LogP contribution in [0.2, 0.25) is 0 Å². The van der Waals surface area contributed by atoms with Gasteiger partial charge in [-0.1, -0.05) is 19.1 Å². The summed E-state index contributed by atoms with van der Waals surface area (Å²) in [5.41, 5.74) is 10.2. The van der Waals surface area contributed by atoms with Gasteiger partial charge in [0.05, 0.1) is 11.7 Å². The second-order valence-corrected chi connectivity index (χ2v) is 8.91. The summed E-state index contributed by atoms with van der Waals surface area (Å²) in [6.45, 7) is 6.61. The van der Waals surface area contributed by atoms with Gasteiger partial charge >= 0.3 is 0 Å². The van der Waals surface area contributed by atoms with Crippen LogP contribution in [0.15, 0.2) is 60.8 Å². The zero-order valence-corrected chi connectivity index (χ0v) is 20.8. The fourth-order valence-electron chi connectivity index (χ4n) is 4.11. The fraction of sp³-hybridized carbons (Fsp3) is 0.333. The van der Waals surface area contributed by atoms with E-state index in [2.05, 4.69) is 37.6 Å². The van der Waals surface area contributed by atoms with E-state index in [9.17, 15) is 9.59 Å². The van der Waals surface area contributed by atoms with Crippen LogP contribution in [0.1, 0.15) is 26.7 Å². The van der Waals surface area contributed by atoms with Gasteiger partial charge in [-0.2, -0.15) is 0 Å². The van der Waals surface area contributed by atoms with Crippen molar-refractivity contribution >= 4 is 34.8 Å². The number of carbonyl (C=O) groups is 2. The van der Waals surface area contributed by atoms with Crippen LogP contribution in [0.5, 0.6) is 0 Å². The Hall–Kier alpha value is -3.98. The van der Waals surface area contributed by atoms with E-state index in [1.54, 1.807) is 13.1 Å². The summed E-state index contributed by atoms with van der Waals surface area (Å²) in [7, 11) is 0. The number of piperazine rings is 1. The fourth-order valence-corrected chi connectivity index (χ4v) is 4.11. The largest absolute Gasteiger partial charge is 0.368 e. The molecule has 36 heavy (non-hydrogen) atoms. The van der Waals surface area contributed by atoms with Crippen LogP contribution in [0.3, 0.4) is 0 Å². The van der Waals surface area contributed by atoms with Gasteiger partial charge in [0.2, 0.25) is 17.8 Å². The Labute approximate surface area is 211 Å². The molecular formula is C27H33N7O2. The van der Waals surface area contributed by atoms with Crippen molar-refractivity contribution in [1.82, 2.24) is 14.9 Å². The molecule has 0 aliphatic carbocycles. The van der Waals surface area contributed by atoms with Crippen LogP contribution in [-0.4, -0.2) is 58.9 Å². The first-order chi connectivity index (χ1) is 17.4. The van der Waals surface area contributed by atoms with Crippen molar-refractivity contribution in [2.75, 3.05) is 41.7 Å². The predicted molar refractivity (Wildman–Crippen MR) is 143 cm³/mol. The van der Waals surface area contributed by atoms with Gasteiger partial charge in [-0.15, -0.1) is 0 Å². The lowest BCUT2D eigenvalue weighted by atomic mass is 10.1. The van der Waals surface area contributed by atoms with Gasteiger partial charge in [-0.05, 0) is 55.8 Å². The highest BCUT2D eigenvalue weighted by Crippen LogP contribution is 2.24. The molecule has 2 amide bonds. The summed E-state index contributed by atoms with van der Waals surface area (Å²) in [4.78, 5) is 37.0. The van der Waals surface area contributed by atoms with E-state index in [1.165, 1.54) is 0 Å². The number of benzene rings is 2. The zero-order chi connectivity index (χ0) is 25.5. The van der Waals surface area contributed by atoms with Crippen LogP contribution >= 0.6 is 0 Å². The second kappa shape index (κ2) is 11.6. The first-order valence-electron chi connectivity index (χ1n) is 12.3. The van der Waals surface area contributed by atoms with Crippen molar-refractivity contribution in [3.63, 3.8) is 0 Å². The molecule has 0 spiro atoms. The lowest BCUT2D eigenvalue weighted by Gasteiger charge is -2.36. The zero-order valence-electron chi connectivity index (χ0n) is 20.8. The first kappa shape index (κ1) is 25.1. The monoisotopic (exact) mass is 487 g/mol. The molecule has 0 saturated carbocycles. The first-order valence-corrected chi connectivity index (χ1v) is 12.3. The Kier molecular flexibility index (Phi) is 8.12. The maximum absolute atomic E-state index is 12.1. The standard InChI is InChI=1S/C27H33N7O2/c1-3-4-25(35)30-21-7-5-20(6-8-21)24-13-14-29-27(32-24)31-22-9-11-23(12-10-22)33-15-17-34(18-16-33)26(36)19(2)28/h5-14,19H,3-4,15-18,28H2,1-2H3,(H,30,35)(H,29,31,32). The highest BCUT2D eigenvalue weighted by molar-refractivity contribution is 5.90. The smallest absolute Gasteiger partial charge is 0.239 e. The van der Waals surface area contributed by atoms with Crippen molar-refractivity contribution in [3.05, 3.63) is 60.8 Å². The molecule has 1 aliphatic rings. The average molecular weight is 488 g/mol. The van der Waals surface area contributed by atoms with Gasteiger partial charge in [-0.25, -0.2) is 9.97 Å². The van der Waals surface area contributed by atoms with Crippen LogP contribution in [0.25, 0.3) is 11.3 Å². The van der Waals surface area contributed by atoms with Gasteiger partial charge in [0, 0.05) is 61.4 Å². The molecule has 1 saturated heterocycles. The van der Waals surface area contributed by atoms with Crippen LogP contribution in [0, 0.1) is 0 Å². The number of hydrogen-bond donors (Lipinski definition) is 3. The topological polar surface area (TPSA) is 116 Å². The van der Waals surface area contributed by atoms with Gasteiger partial charge in [0.25, 0.3) is 0 Å². The molecule has 4 N–H and O–H groups in total. The second-order valence-electron chi connectivity index (χ2n) is 8.91. The number of nitrogens with zero attached hydrogens (tertiary/aromatic N) is 4. The normalized spacial score (nSPS) is 14.3. The van der Waals surface area contributed by atoms with Crippen molar-refractivity contribution < 1.29 is 9.59 Å². The highest BCUT2D eigenvalue weighted by atomic mass is 16.2. The minimum absolute atomic E-state index is 0.00566. The summed E-state index contributed by atoms with van der Waals surface area (Å²) < 4.78 is 0. The summed E-state index contributed by atoms with van der Waals surface area (Å²) >= 11 is 0. The summed E-state index contributed by atoms with van der Waals surface area (Å²) in [5, 5.41) is 6.16. The van der Waals surface area contributed by atoms with Gasteiger partial charge in [0.1, 0.15) is 0 Å². The Morgan fingerprint density at radius 1 is 0.972 bits per heavy atom. The van der Waals surface area contributed by atoms with Gasteiger partial charge in [-0.3, -0.25) is 9.59 Å². The average Bonchev–Trinajstić information content (AvgIpc) is 2.89. The Bertz CT molecular complexity index is 1170. The maximum Gasteiger partial charge on any atom is 0.239 e. The molecule has 1 fully saturated rings. The third-order valence-corrected chi connectivity index (χ3v) is 6.07. The maximum atomic E-state index is 12.1.